The predicted octanol–water partition coefficient (Wildman–Crippen LogP) is -0.148. The summed E-state index contributed by atoms with van der Waals surface area (Å²) < 4.78 is 0. The number of hydrogen-bond acceptors (Lipinski definition) is 3. The van der Waals surface area contributed by atoms with Gasteiger partial charge < -0.3 is 16.0 Å². The highest BCUT2D eigenvalue weighted by atomic mass is 16.2. The molecule has 0 aromatic carbocycles. The summed E-state index contributed by atoms with van der Waals surface area (Å²) in [4.78, 5) is 25.0. The molecule has 1 saturated heterocycles. The van der Waals surface area contributed by atoms with Crippen LogP contribution in [0.4, 0.5) is 0 Å². The van der Waals surface area contributed by atoms with Gasteiger partial charge in [-0.15, -0.1) is 0 Å². The molecule has 0 bridgehead atoms. The monoisotopic (exact) mass is 239 g/mol. The third kappa shape index (κ3) is 3.70. The first-order chi connectivity index (χ1) is 8.16. The molecule has 1 aliphatic carbocycles. The summed E-state index contributed by atoms with van der Waals surface area (Å²) in [6, 6.07) is -0.0307. The number of rotatable bonds is 5. The van der Waals surface area contributed by atoms with Crippen LogP contribution in [0.25, 0.3) is 0 Å². The Bertz CT molecular complexity index is 296. The molecule has 2 rings (SSSR count). The van der Waals surface area contributed by atoms with Gasteiger partial charge in [-0.3, -0.25) is 9.59 Å². The van der Waals surface area contributed by atoms with E-state index in [0.717, 1.165) is 38.8 Å². The molecule has 5 nitrogen and oxygen atoms in total. The highest BCUT2D eigenvalue weighted by Gasteiger charge is 2.29. The fraction of sp³-hybridized carbons (Fsp3) is 0.833. The molecule has 1 heterocycles. The number of amides is 2. The number of hydrogen-bond donors (Lipinski definition) is 2. The minimum atomic E-state index is -0.100. The molecule has 1 unspecified atom stereocenters. The lowest BCUT2D eigenvalue weighted by molar-refractivity contribution is -0.132. The number of carbonyl (C=O) groups excluding carboxylic acids is 2. The Kier molecular flexibility index (Phi) is 3.99. The second kappa shape index (κ2) is 5.49. The van der Waals surface area contributed by atoms with Gasteiger partial charge in [0.05, 0.1) is 6.54 Å². The summed E-state index contributed by atoms with van der Waals surface area (Å²) in [7, 11) is 0. The highest BCUT2D eigenvalue weighted by Crippen LogP contribution is 2.32. The average molecular weight is 239 g/mol. The van der Waals surface area contributed by atoms with E-state index >= 15 is 0 Å². The van der Waals surface area contributed by atoms with Crippen LogP contribution in [-0.4, -0.2) is 42.4 Å². The molecule has 3 N–H and O–H groups in total. The largest absolute Gasteiger partial charge is 0.347 e. The van der Waals surface area contributed by atoms with Crippen LogP contribution in [0.3, 0.4) is 0 Å². The van der Waals surface area contributed by atoms with Crippen molar-refractivity contribution in [1.29, 1.82) is 0 Å². The van der Waals surface area contributed by atoms with E-state index in [0.29, 0.717) is 12.3 Å². The molecule has 2 amide bonds. The van der Waals surface area contributed by atoms with Crippen LogP contribution in [0.1, 0.15) is 32.1 Å². The molecule has 1 atom stereocenters. The van der Waals surface area contributed by atoms with Gasteiger partial charge in [0.2, 0.25) is 11.8 Å². The van der Waals surface area contributed by atoms with Crippen molar-refractivity contribution in [3.05, 3.63) is 0 Å². The van der Waals surface area contributed by atoms with Gasteiger partial charge in [0.15, 0.2) is 0 Å². The van der Waals surface area contributed by atoms with Crippen LogP contribution in [0.15, 0.2) is 0 Å². The Morgan fingerprint density at radius 2 is 1.94 bits per heavy atom. The van der Waals surface area contributed by atoms with Gasteiger partial charge in [-0.1, -0.05) is 0 Å². The van der Waals surface area contributed by atoms with E-state index in [9.17, 15) is 9.59 Å². The van der Waals surface area contributed by atoms with E-state index in [2.05, 4.69) is 5.32 Å². The van der Waals surface area contributed by atoms with E-state index in [1.54, 1.807) is 4.90 Å². The lowest BCUT2D eigenvalue weighted by atomic mass is 10.1. The normalized spacial score (nSPS) is 21.4. The van der Waals surface area contributed by atoms with Crippen molar-refractivity contribution in [2.24, 2.45) is 11.7 Å². The summed E-state index contributed by atoms with van der Waals surface area (Å²) >= 11 is 0. The van der Waals surface area contributed by atoms with Crippen molar-refractivity contribution in [2.45, 2.75) is 38.1 Å². The Morgan fingerprint density at radius 3 is 2.53 bits per heavy atom. The maximum atomic E-state index is 11.7. The Balaban J connectivity index is 1.62. The summed E-state index contributed by atoms with van der Waals surface area (Å²) in [5.41, 5.74) is 5.85. The summed E-state index contributed by atoms with van der Waals surface area (Å²) in [5.74, 6) is 0.447. The van der Waals surface area contributed by atoms with Gasteiger partial charge in [0.25, 0.3) is 0 Å². The fourth-order valence-electron chi connectivity index (χ4n) is 2.23. The van der Waals surface area contributed by atoms with Crippen molar-refractivity contribution < 1.29 is 9.59 Å². The van der Waals surface area contributed by atoms with Gasteiger partial charge in [0, 0.05) is 25.6 Å². The van der Waals surface area contributed by atoms with E-state index < -0.39 is 0 Å². The SMILES string of the molecule is NC(CC(=O)NCC(=O)N1CCCC1)C1CC1. The van der Waals surface area contributed by atoms with Gasteiger partial charge >= 0.3 is 0 Å². The number of nitrogens with two attached hydrogens (primary N) is 1. The molecule has 96 valence electrons. The highest BCUT2D eigenvalue weighted by molar-refractivity contribution is 5.85. The zero-order valence-corrected chi connectivity index (χ0v) is 10.2. The lowest BCUT2D eigenvalue weighted by Crippen LogP contribution is -2.40. The summed E-state index contributed by atoms with van der Waals surface area (Å²) in [5, 5.41) is 2.66. The molecule has 1 aliphatic heterocycles. The topological polar surface area (TPSA) is 75.4 Å². The van der Waals surface area contributed by atoms with Crippen molar-refractivity contribution >= 4 is 11.8 Å². The van der Waals surface area contributed by atoms with Crippen molar-refractivity contribution in [1.82, 2.24) is 10.2 Å². The van der Waals surface area contributed by atoms with Crippen LogP contribution in [0.2, 0.25) is 0 Å². The van der Waals surface area contributed by atoms with Gasteiger partial charge in [-0.25, -0.2) is 0 Å². The van der Waals surface area contributed by atoms with Crippen LogP contribution >= 0.6 is 0 Å². The third-order valence-electron chi connectivity index (χ3n) is 3.54. The Morgan fingerprint density at radius 1 is 1.29 bits per heavy atom. The zero-order valence-electron chi connectivity index (χ0n) is 10.2. The van der Waals surface area contributed by atoms with Crippen molar-refractivity contribution in [3.63, 3.8) is 0 Å². The third-order valence-corrected chi connectivity index (χ3v) is 3.54. The van der Waals surface area contributed by atoms with Gasteiger partial charge in [-0.05, 0) is 31.6 Å². The number of likely N-dealkylation sites (tertiary alicyclic amines) is 1. The van der Waals surface area contributed by atoms with Gasteiger partial charge in [0.1, 0.15) is 0 Å². The lowest BCUT2D eigenvalue weighted by Gasteiger charge is -2.16. The molecule has 0 aromatic heterocycles. The van der Waals surface area contributed by atoms with Crippen LogP contribution in [-0.2, 0) is 9.59 Å². The van der Waals surface area contributed by atoms with E-state index in [-0.39, 0.29) is 24.4 Å². The standard InChI is InChI=1S/C12H21N3O2/c13-10(9-3-4-9)7-11(16)14-8-12(17)15-5-1-2-6-15/h9-10H,1-8,13H2,(H,14,16). The Hall–Kier alpha value is -1.10. The molecule has 0 radical (unpaired) electrons. The number of nitrogens with zero attached hydrogens (tertiary/aromatic N) is 1. The van der Waals surface area contributed by atoms with Crippen LogP contribution in [0, 0.1) is 5.92 Å². The zero-order chi connectivity index (χ0) is 12.3. The molecule has 0 aromatic rings. The summed E-state index contributed by atoms with van der Waals surface area (Å²) in [6.07, 6.45) is 4.78. The maximum Gasteiger partial charge on any atom is 0.241 e. The first-order valence-electron chi connectivity index (χ1n) is 6.47. The molecular formula is C12H21N3O2. The molecule has 17 heavy (non-hydrogen) atoms. The van der Waals surface area contributed by atoms with Crippen molar-refractivity contribution in [2.75, 3.05) is 19.6 Å². The Labute approximate surface area is 102 Å². The van der Waals surface area contributed by atoms with E-state index in [1.807, 2.05) is 0 Å². The van der Waals surface area contributed by atoms with Crippen molar-refractivity contribution in [3.8, 4) is 0 Å². The first kappa shape index (κ1) is 12.4. The molecule has 5 heteroatoms. The minimum absolute atomic E-state index is 0.0239. The smallest absolute Gasteiger partial charge is 0.241 e. The molecule has 2 fully saturated rings. The molecular weight excluding hydrogens is 218 g/mol. The minimum Gasteiger partial charge on any atom is -0.347 e. The second-order valence-corrected chi connectivity index (χ2v) is 5.07. The van der Waals surface area contributed by atoms with Crippen LogP contribution in [0.5, 0.6) is 0 Å². The number of nitrogens with one attached hydrogen (secondary N) is 1. The van der Waals surface area contributed by atoms with Crippen LogP contribution < -0.4 is 11.1 Å². The average Bonchev–Trinajstić information content (AvgIpc) is 3.02. The fourth-order valence-corrected chi connectivity index (χ4v) is 2.23. The predicted molar refractivity (Wildman–Crippen MR) is 64.1 cm³/mol. The maximum absolute atomic E-state index is 11.7. The first-order valence-corrected chi connectivity index (χ1v) is 6.47. The quantitative estimate of drug-likeness (QED) is 0.700. The van der Waals surface area contributed by atoms with Gasteiger partial charge in [-0.2, -0.15) is 0 Å². The molecule has 1 saturated carbocycles. The molecule has 0 spiro atoms. The summed E-state index contributed by atoms with van der Waals surface area (Å²) in [6.45, 7) is 1.78. The number of carbonyl (C=O) groups is 2. The second-order valence-electron chi connectivity index (χ2n) is 5.07. The van der Waals surface area contributed by atoms with E-state index in [1.165, 1.54) is 0 Å². The van der Waals surface area contributed by atoms with E-state index in [4.69, 9.17) is 5.73 Å². The molecule has 2 aliphatic rings.